The summed E-state index contributed by atoms with van der Waals surface area (Å²) < 4.78 is 8.38. The minimum Gasteiger partial charge on any atom is -0.495 e. The van der Waals surface area contributed by atoms with Gasteiger partial charge in [-0.15, -0.1) is 0 Å². The average molecular weight is 355 g/mol. The number of allylic oxidation sites excluding steroid dienone is 2. The minimum absolute atomic E-state index is 0.0330. The van der Waals surface area contributed by atoms with E-state index in [0.29, 0.717) is 11.7 Å². The number of nitrogens with two attached hydrogens (primary N) is 1. The lowest BCUT2D eigenvalue weighted by atomic mass is 9.94. The molecule has 0 aromatic carbocycles. The zero-order chi connectivity index (χ0) is 17.8. The number of carbonyl (C=O) groups excluding carboxylic acids is 1. The van der Waals surface area contributed by atoms with Crippen molar-refractivity contribution in [3.63, 3.8) is 0 Å². The molecule has 0 aromatic rings. The summed E-state index contributed by atoms with van der Waals surface area (Å²) in [6.07, 6.45) is 9.03. The largest absolute Gasteiger partial charge is 0.495 e. The van der Waals surface area contributed by atoms with Crippen molar-refractivity contribution in [1.82, 2.24) is 9.62 Å². The molecule has 1 aliphatic rings. The monoisotopic (exact) mass is 354 g/mol. The van der Waals surface area contributed by atoms with Gasteiger partial charge in [0.1, 0.15) is 5.76 Å². The molecule has 0 aliphatic carbocycles. The summed E-state index contributed by atoms with van der Waals surface area (Å²) in [5.41, 5.74) is 1.08. The summed E-state index contributed by atoms with van der Waals surface area (Å²) in [7, 11) is 1.62. The minimum atomic E-state index is -0.0330. The molecular weight excluding hydrogens is 324 g/mol. The van der Waals surface area contributed by atoms with Crippen molar-refractivity contribution in [3.05, 3.63) is 23.6 Å². The van der Waals surface area contributed by atoms with Gasteiger partial charge in [-0.25, -0.2) is 0 Å². The summed E-state index contributed by atoms with van der Waals surface area (Å²) in [6, 6.07) is 0. The first-order chi connectivity index (χ1) is 11.7. The van der Waals surface area contributed by atoms with Crippen molar-refractivity contribution in [3.8, 4) is 0 Å². The van der Waals surface area contributed by atoms with Gasteiger partial charge in [0, 0.05) is 31.8 Å². The zero-order valence-corrected chi connectivity index (χ0v) is 15.8. The zero-order valence-electron chi connectivity index (χ0n) is 15.0. The lowest BCUT2D eigenvalue weighted by Crippen LogP contribution is -2.39. The predicted octanol–water partition coefficient (Wildman–Crippen LogP) is 2.64. The molecule has 0 atom stereocenters. The van der Waals surface area contributed by atoms with Gasteiger partial charge < -0.3 is 9.64 Å². The molecule has 1 amide bonds. The van der Waals surface area contributed by atoms with Crippen LogP contribution in [0.3, 0.4) is 0 Å². The molecule has 1 rings (SSSR count). The van der Waals surface area contributed by atoms with Crippen LogP contribution in [-0.2, 0) is 9.53 Å². The van der Waals surface area contributed by atoms with Gasteiger partial charge in [0.2, 0.25) is 0 Å². The fraction of sp³-hybridized carbons (Fsp3) is 0.647. The Morgan fingerprint density at radius 1 is 1.46 bits per heavy atom. The molecule has 136 valence electrons. The molecule has 6 nitrogen and oxygen atoms in total. The van der Waals surface area contributed by atoms with Crippen molar-refractivity contribution >= 4 is 24.3 Å². The molecule has 1 aliphatic heterocycles. The smallest absolute Gasteiger partial charge is 0.264 e. The van der Waals surface area contributed by atoms with Crippen LogP contribution in [0.5, 0.6) is 0 Å². The van der Waals surface area contributed by atoms with Crippen LogP contribution >= 0.6 is 12.1 Å². The van der Waals surface area contributed by atoms with Crippen LogP contribution in [0.2, 0.25) is 0 Å². The Kier molecular flexibility index (Phi) is 10.5. The third-order valence-electron chi connectivity index (χ3n) is 4.31. The van der Waals surface area contributed by atoms with E-state index in [-0.39, 0.29) is 5.91 Å². The number of nitrogens with zero attached hydrogens (tertiary/aromatic N) is 2. The molecule has 7 heteroatoms. The number of piperidine rings is 1. The van der Waals surface area contributed by atoms with Gasteiger partial charge in [-0.1, -0.05) is 13.0 Å². The Labute approximate surface area is 149 Å². The summed E-state index contributed by atoms with van der Waals surface area (Å²) in [4.78, 5) is 18.2. The maximum Gasteiger partial charge on any atom is 0.264 e. The molecule has 0 bridgehead atoms. The molecule has 0 spiro atoms. The second-order valence-electron chi connectivity index (χ2n) is 5.71. The molecule has 0 radical (unpaired) electrons. The number of likely N-dealkylation sites (tertiary alicyclic amines) is 1. The van der Waals surface area contributed by atoms with Crippen molar-refractivity contribution < 1.29 is 9.53 Å². The molecule has 1 saturated heterocycles. The van der Waals surface area contributed by atoms with Crippen LogP contribution in [0.1, 0.15) is 39.5 Å². The van der Waals surface area contributed by atoms with E-state index in [1.165, 1.54) is 6.21 Å². The Hall–Kier alpha value is -1.31. The van der Waals surface area contributed by atoms with Gasteiger partial charge in [0.15, 0.2) is 0 Å². The SMILES string of the molecule is C/C=C(CC)\C(=C/N=CC(=O)N1CCC(CCNSN)CC1)OC. The van der Waals surface area contributed by atoms with E-state index in [2.05, 4.69) is 16.6 Å². The predicted molar refractivity (Wildman–Crippen MR) is 101 cm³/mol. The van der Waals surface area contributed by atoms with E-state index in [1.54, 1.807) is 13.3 Å². The number of hydrogen-bond donors (Lipinski definition) is 2. The fourth-order valence-corrected chi connectivity index (χ4v) is 3.04. The van der Waals surface area contributed by atoms with Gasteiger partial charge in [0.05, 0.1) is 19.5 Å². The number of aliphatic imine (C=N–C) groups is 1. The topological polar surface area (TPSA) is 80.0 Å². The molecule has 1 heterocycles. The van der Waals surface area contributed by atoms with Crippen LogP contribution in [0.25, 0.3) is 0 Å². The summed E-state index contributed by atoms with van der Waals surface area (Å²) >= 11 is 1.16. The van der Waals surface area contributed by atoms with Crippen LogP contribution in [0.4, 0.5) is 0 Å². The standard InChI is InChI=1S/C17H30N4O2S/c1-4-15(5-2)16(23-3)12-19-13-17(22)21-10-7-14(8-11-21)6-9-20-24-18/h4,12-14,20H,5-11,18H2,1-3H3/b15-4-,16-12+,19-13?. The van der Waals surface area contributed by atoms with Crippen LogP contribution in [-0.4, -0.2) is 43.8 Å². The molecule has 0 unspecified atom stereocenters. The number of hydrogen-bond acceptors (Lipinski definition) is 6. The number of ether oxygens (including phenoxy) is 1. The Balaban J connectivity index is 2.46. The van der Waals surface area contributed by atoms with Crippen LogP contribution < -0.4 is 9.86 Å². The van der Waals surface area contributed by atoms with Gasteiger partial charge in [-0.3, -0.25) is 19.6 Å². The molecule has 1 fully saturated rings. The number of nitrogens with one attached hydrogen (secondary N) is 1. The van der Waals surface area contributed by atoms with Gasteiger partial charge in [-0.05, 0) is 44.1 Å². The van der Waals surface area contributed by atoms with Crippen molar-refractivity contribution in [2.75, 3.05) is 26.7 Å². The maximum atomic E-state index is 12.2. The summed E-state index contributed by atoms with van der Waals surface area (Å²) in [6.45, 7) is 6.52. The van der Waals surface area contributed by atoms with Gasteiger partial charge >= 0.3 is 0 Å². The van der Waals surface area contributed by atoms with E-state index >= 15 is 0 Å². The molecule has 3 N–H and O–H groups in total. The maximum absolute atomic E-state index is 12.2. The Bertz CT molecular complexity index is 469. The third-order valence-corrected chi connectivity index (χ3v) is 4.68. The first kappa shape index (κ1) is 20.7. The summed E-state index contributed by atoms with van der Waals surface area (Å²) in [5.74, 6) is 1.33. The summed E-state index contributed by atoms with van der Waals surface area (Å²) in [5, 5.41) is 5.34. The number of carbonyl (C=O) groups is 1. The lowest BCUT2D eigenvalue weighted by Gasteiger charge is -2.31. The average Bonchev–Trinajstić information content (AvgIpc) is 2.62. The second kappa shape index (κ2) is 12.1. The van der Waals surface area contributed by atoms with E-state index in [4.69, 9.17) is 9.88 Å². The highest BCUT2D eigenvalue weighted by atomic mass is 32.2. The number of methoxy groups -OCH3 is 1. The number of rotatable bonds is 9. The van der Waals surface area contributed by atoms with E-state index in [1.807, 2.05) is 17.9 Å². The quantitative estimate of drug-likeness (QED) is 0.219. The second-order valence-corrected chi connectivity index (χ2v) is 6.24. The van der Waals surface area contributed by atoms with Crippen molar-refractivity contribution in [1.29, 1.82) is 0 Å². The van der Waals surface area contributed by atoms with Crippen LogP contribution in [0.15, 0.2) is 28.6 Å². The van der Waals surface area contributed by atoms with Gasteiger partial charge in [-0.2, -0.15) is 0 Å². The lowest BCUT2D eigenvalue weighted by molar-refractivity contribution is -0.124. The van der Waals surface area contributed by atoms with Gasteiger partial charge in [0.25, 0.3) is 5.91 Å². The van der Waals surface area contributed by atoms with Crippen molar-refractivity contribution in [2.45, 2.75) is 39.5 Å². The van der Waals surface area contributed by atoms with E-state index < -0.39 is 0 Å². The van der Waals surface area contributed by atoms with E-state index in [0.717, 1.165) is 63.0 Å². The Morgan fingerprint density at radius 2 is 2.17 bits per heavy atom. The molecular formula is C17H30N4O2S. The number of amides is 1. The fourth-order valence-electron chi connectivity index (χ4n) is 2.80. The van der Waals surface area contributed by atoms with Crippen LogP contribution in [0, 0.1) is 5.92 Å². The molecule has 0 saturated carbocycles. The molecule has 0 aromatic heterocycles. The third kappa shape index (κ3) is 7.07. The van der Waals surface area contributed by atoms with Crippen molar-refractivity contribution in [2.24, 2.45) is 16.0 Å². The van der Waals surface area contributed by atoms with E-state index in [9.17, 15) is 4.79 Å². The normalized spacial score (nSPS) is 17.6. The highest BCUT2D eigenvalue weighted by Crippen LogP contribution is 2.20. The Morgan fingerprint density at radius 3 is 2.71 bits per heavy atom. The molecule has 24 heavy (non-hydrogen) atoms. The highest BCUT2D eigenvalue weighted by Gasteiger charge is 2.21. The first-order valence-electron chi connectivity index (χ1n) is 8.46. The highest BCUT2D eigenvalue weighted by molar-refractivity contribution is 7.95. The first-order valence-corrected chi connectivity index (χ1v) is 9.34.